The highest BCUT2D eigenvalue weighted by Crippen LogP contribution is 2.11. The molecule has 0 spiro atoms. The van der Waals surface area contributed by atoms with Crippen molar-refractivity contribution in [2.75, 3.05) is 5.32 Å². The van der Waals surface area contributed by atoms with Gasteiger partial charge in [-0.25, -0.2) is 0 Å². The molecule has 0 bridgehead atoms. The summed E-state index contributed by atoms with van der Waals surface area (Å²) in [5.41, 5.74) is 3.86. The first-order valence-electron chi connectivity index (χ1n) is 6.59. The van der Waals surface area contributed by atoms with Crippen molar-refractivity contribution in [3.05, 3.63) is 47.2 Å². The normalized spacial score (nSPS) is 10.6. The predicted molar refractivity (Wildman–Crippen MR) is 75.8 cm³/mol. The first kappa shape index (κ1) is 12.7. The zero-order chi connectivity index (χ0) is 13.0. The van der Waals surface area contributed by atoms with Crippen LogP contribution < -0.4 is 5.32 Å². The molecule has 0 saturated carbocycles. The van der Waals surface area contributed by atoms with Crippen LogP contribution in [0.4, 0.5) is 5.82 Å². The van der Waals surface area contributed by atoms with Gasteiger partial charge in [-0.05, 0) is 31.4 Å². The summed E-state index contributed by atoms with van der Waals surface area (Å²) in [7, 11) is 0. The van der Waals surface area contributed by atoms with E-state index in [0.29, 0.717) is 0 Å². The number of aryl methyl sites for hydroxylation is 3. The Labute approximate surface area is 109 Å². The molecule has 0 aliphatic carbocycles. The maximum Gasteiger partial charge on any atom is 0.148 e. The Bertz CT molecular complexity index is 497. The Morgan fingerprint density at radius 2 is 1.78 bits per heavy atom. The van der Waals surface area contributed by atoms with Gasteiger partial charge in [0.2, 0.25) is 0 Å². The van der Waals surface area contributed by atoms with Gasteiger partial charge in [-0.2, -0.15) is 5.10 Å². The van der Waals surface area contributed by atoms with Crippen molar-refractivity contribution in [3.63, 3.8) is 0 Å². The van der Waals surface area contributed by atoms with E-state index in [4.69, 9.17) is 0 Å². The van der Waals surface area contributed by atoms with Crippen LogP contribution in [-0.4, -0.2) is 9.78 Å². The van der Waals surface area contributed by atoms with E-state index in [0.717, 1.165) is 25.3 Å². The number of nitrogens with zero attached hydrogens (tertiary/aromatic N) is 2. The molecule has 0 radical (unpaired) electrons. The van der Waals surface area contributed by atoms with Gasteiger partial charge >= 0.3 is 0 Å². The molecular formula is C15H21N3. The molecule has 2 rings (SSSR count). The van der Waals surface area contributed by atoms with Crippen molar-refractivity contribution >= 4 is 5.82 Å². The lowest BCUT2D eigenvalue weighted by Gasteiger charge is -2.04. The maximum absolute atomic E-state index is 4.48. The van der Waals surface area contributed by atoms with E-state index in [-0.39, 0.29) is 0 Å². The van der Waals surface area contributed by atoms with Crippen LogP contribution in [0, 0.1) is 6.92 Å². The van der Waals surface area contributed by atoms with E-state index in [1.165, 1.54) is 16.8 Å². The van der Waals surface area contributed by atoms with Crippen LogP contribution >= 0.6 is 0 Å². The molecule has 1 heterocycles. The molecule has 0 atom stereocenters. The standard InChI is InChI=1S/C15H21N3/c1-4-13-6-8-14(9-7-13)11-16-15-10-12(3)18(5-2)17-15/h6-10H,4-5,11H2,1-3H3,(H,16,17). The summed E-state index contributed by atoms with van der Waals surface area (Å²) in [5, 5.41) is 7.84. The Kier molecular flexibility index (Phi) is 4.03. The largest absolute Gasteiger partial charge is 0.365 e. The van der Waals surface area contributed by atoms with Gasteiger partial charge in [-0.15, -0.1) is 0 Å². The number of aromatic nitrogens is 2. The van der Waals surface area contributed by atoms with Crippen molar-refractivity contribution in [1.82, 2.24) is 9.78 Å². The second kappa shape index (κ2) is 5.71. The molecule has 0 fully saturated rings. The van der Waals surface area contributed by atoms with Gasteiger partial charge in [0.25, 0.3) is 0 Å². The first-order valence-corrected chi connectivity index (χ1v) is 6.59. The number of hydrogen-bond donors (Lipinski definition) is 1. The van der Waals surface area contributed by atoms with Crippen LogP contribution in [0.25, 0.3) is 0 Å². The smallest absolute Gasteiger partial charge is 0.148 e. The van der Waals surface area contributed by atoms with E-state index in [1.807, 2.05) is 4.68 Å². The van der Waals surface area contributed by atoms with Crippen molar-refractivity contribution in [2.24, 2.45) is 0 Å². The van der Waals surface area contributed by atoms with Crippen LogP contribution in [0.3, 0.4) is 0 Å². The van der Waals surface area contributed by atoms with Gasteiger partial charge in [-0.1, -0.05) is 31.2 Å². The summed E-state index contributed by atoms with van der Waals surface area (Å²) in [5.74, 6) is 0.953. The van der Waals surface area contributed by atoms with Crippen LogP contribution in [0.5, 0.6) is 0 Å². The fourth-order valence-corrected chi connectivity index (χ4v) is 2.00. The number of nitrogens with one attached hydrogen (secondary N) is 1. The van der Waals surface area contributed by atoms with Crippen LogP contribution in [0.2, 0.25) is 0 Å². The zero-order valence-corrected chi connectivity index (χ0v) is 11.4. The minimum atomic E-state index is 0.824. The Morgan fingerprint density at radius 3 is 2.33 bits per heavy atom. The lowest BCUT2D eigenvalue weighted by Crippen LogP contribution is -2.02. The topological polar surface area (TPSA) is 29.9 Å². The minimum Gasteiger partial charge on any atom is -0.365 e. The van der Waals surface area contributed by atoms with E-state index in [1.54, 1.807) is 0 Å². The average Bonchev–Trinajstić information content (AvgIpc) is 2.77. The molecular weight excluding hydrogens is 222 g/mol. The van der Waals surface area contributed by atoms with Crippen molar-refractivity contribution < 1.29 is 0 Å². The molecule has 96 valence electrons. The van der Waals surface area contributed by atoms with Crippen LogP contribution in [0.15, 0.2) is 30.3 Å². The van der Waals surface area contributed by atoms with E-state index < -0.39 is 0 Å². The summed E-state index contributed by atoms with van der Waals surface area (Å²) in [6.45, 7) is 8.10. The summed E-state index contributed by atoms with van der Waals surface area (Å²) >= 11 is 0. The predicted octanol–water partition coefficient (Wildman–Crippen LogP) is 3.39. The van der Waals surface area contributed by atoms with Crippen LogP contribution in [-0.2, 0) is 19.5 Å². The van der Waals surface area contributed by atoms with Crippen molar-refractivity contribution in [1.29, 1.82) is 0 Å². The highest BCUT2D eigenvalue weighted by atomic mass is 15.3. The molecule has 0 aliphatic heterocycles. The molecule has 1 aromatic carbocycles. The molecule has 0 amide bonds. The Balaban J connectivity index is 1.97. The van der Waals surface area contributed by atoms with Gasteiger partial charge in [0.15, 0.2) is 0 Å². The Morgan fingerprint density at radius 1 is 1.11 bits per heavy atom. The van der Waals surface area contributed by atoms with Gasteiger partial charge in [0.1, 0.15) is 5.82 Å². The third-order valence-electron chi connectivity index (χ3n) is 3.19. The molecule has 3 nitrogen and oxygen atoms in total. The molecule has 1 N–H and O–H groups in total. The molecule has 18 heavy (non-hydrogen) atoms. The average molecular weight is 243 g/mol. The van der Waals surface area contributed by atoms with Crippen LogP contribution in [0.1, 0.15) is 30.7 Å². The number of anilines is 1. The third kappa shape index (κ3) is 2.92. The lowest BCUT2D eigenvalue weighted by atomic mass is 10.1. The van der Waals surface area contributed by atoms with Gasteiger partial charge < -0.3 is 5.32 Å². The Hall–Kier alpha value is -1.77. The summed E-state index contributed by atoms with van der Waals surface area (Å²) < 4.78 is 2.00. The molecule has 3 heteroatoms. The van der Waals surface area contributed by atoms with Crippen molar-refractivity contribution in [3.8, 4) is 0 Å². The number of benzene rings is 1. The highest BCUT2D eigenvalue weighted by molar-refractivity contribution is 5.37. The van der Waals surface area contributed by atoms with Gasteiger partial charge in [0.05, 0.1) is 0 Å². The fourth-order valence-electron chi connectivity index (χ4n) is 2.00. The van der Waals surface area contributed by atoms with E-state index in [9.17, 15) is 0 Å². The van der Waals surface area contributed by atoms with Gasteiger partial charge in [-0.3, -0.25) is 4.68 Å². The molecule has 0 aliphatic rings. The maximum atomic E-state index is 4.48. The second-order valence-electron chi connectivity index (χ2n) is 4.51. The first-order chi connectivity index (χ1) is 8.72. The van der Waals surface area contributed by atoms with E-state index in [2.05, 4.69) is 61.5 Å². The molecule has 0 saturated heterocycles. The SMILES string of the molecule is CCc1ccc(CNc2cc(C)n(CC)n2)cc1. The van der Waals surface area contributed by atoms with Crippen molar-refractivity contribution in [2.45, 2.75) is 40.3 Å². The third-order valence-corrected chi connectivity index (χ3v) is 3.19. The highest BCUT2D eigenvalue weighted by Gasteiger charge is 2.02. The molecule has 0 unspecified atom stereocenters. The monoisotopic (exact) mass is 243 g/mol. The molecule has 1 aromatic heterocycles. The lowest BCUT2D eigenvalue weighted by molar-refractivity contribution is 0.641. The minimum absolute atomic E-state index is 0.824. The summed E-state index contributed by atoms with van der Waals surface area (Å²) in [4.78, 5) is 0. The fraction of sp³-hybridized carbons (Fsp3) is 0.400. The van der Waals surface area contributed by atoms with E-state index >= 15 is 0 Å². The molecule has 2 aromatic rings. The number of hydrogen-bond acceptors (Lipinski definition) is 2. The second-order valence-corrected chi connectivity index (χ2v) is 4.51. The summed E-state index contributed by atoms with van der Waals surface area (Å²) in [6.07, 6.45) is 1.09. The quantitative estimate of drug-likeness (QED) is 0.872. The summed E-state index contributed by atoms with van der Waals surface area (Å²) in [6, 6.07) is 10.8. The zero-order valence-electron chi connectivity index (χ0n) is 11.4. The number of rotatable bonds is 5. The van der Waals surface area contributed by atoms with Gasteiger partial charge in [0, 0.05) is 24.8 Å².